The molecule has 0 spiro atoms. The number of rotatable bonds is 14. The van der Waals surface area contributed by atoms with Gasteiger partial charge < -0.3 is 28.8 Å². The van der Waals surface area contributed by atoms with Gasteiger partial charge in [0.1, 0.15) is 12.3 Å². The summed E-state index contributed by atoms with van der Waals surface area (Å²) in [7, 11) is 1.54. The van der Waals surface area contributed by atoms with Gasteiger partial charge in [-0.15, -0.1) is 0 Å². The van der Waals surface area contributed by atoms with Crippen LogP contribution in [0.15, 0.2) is 18.2 Å². The van der Waals surface area contributed by atoms with E-state index in [1.807, 2.05) is 32.0 Å². The first-order chi connectivity index (χ1) is 16.4. The fourth-order valence-electron chi connectivity index (χ4n) is 3.71. The summed E-state index contributed by atoms with van der Waals surface area (Å²) in [6.45, 7) is 12.1. The number of hydrogen-bond donors (Lipinski definition) is 1. The average Bonchev–Trinajstić information content (AvgIpc) is 3.11. The van der Waals surface area contributed by atoms with Crippen LogP contribution >= 0.6 is 0 Å². The van der Waals surface area contributed by atoms with Crippen molar-refractivity contribution in [2.75, 3.05) is 40.1 Å². The molecule has 0 aliphatic carbocycles. The summed E-state index contributed by atoms with van der Waals surface area (Å²) in [5.41, 5.74) is 2.93. The number of aryl methyl sites for hydroxylation is 1. The Labute approximate surface area is 202 Å². The molecule has 1 aromatic carbocycles. The third-order valence-electron chi connectivity index (χ3n) is 5.30. The maximum atomic E-state index is 13.5. The number of methoxy groups -OCH3 is 1. The smallest absolute Gasteiger partial charge is 0.340 e. The summed E-state index contributed by atoms with van der Waals surface area (Å²) >= 11 is 0. The van der Waals surface area contributed by atoms with Gasteiger partial charge in [0.15, 0.2) is 11.5 Å². The minimum Gasteiger partial charge on any atom is -0.490 e. The van der Waals surface area contributed by atoms with E-state index in [0.717, 1.165) is 18.4 Å². The van der Waals surface area contributed by atoms with Gasteiger partial charge in [-0.1, -0.05) is 19.9 Å². The van der Waals surface area contributed by atoms with Crippen LogP contribution in [0.4, 0.5) is 0 Å². The van der Waals surface area contributed by atoms with Crippen LogP contribution < -0.4 is 9.47 Å². The SMILES string of the molecule is CCCOc1ccc(CN(CCC)C(=O)c2[nH]c(C)c(C(=O)OCCOC)c2C)cc1OCC. The molecule has 0 unspecified atom stereocenters. The molecular weight excluding hydrogens is 436 g/mol. The highest BCUT2D eigenvalue weighted by molar-refractivity contribution is 6.00. The summed E-state index contributed by atoms with van der Waals surface area (Å²) in [6, 6.07) is 5.77. The van der Waals surface area contributed by atoms with Crippen molar-refractivity contribution >= 4 is 11.9 Å². The van der Waals surface area contributed by atoms with E-state index in [0.29, 0.717) is 66.9 Å². The summed E-state index contributed by atoms with van der Waals surface area (Å²) in [4.78, 5) is 30.9. The zero-order valence-corrected chi connectivity index (χ0v) is 21.3. The van der Waals surface area contributed by atoms with Crippen molar-refractivity contribution in [2.45, 2.75) is 54.0 Å². The van der Waals surface area contributed by atoms with Crippen LogP contribution in [0.25, 0.3) is 0 Å². The minimum absolute atomic E-state index is 0.158. The van der Waals surface area contributed by atoms with E-state index in [1.165, 1.54) is 0 Å². The lowest BCUT2D eigenvalue weighted by Crippen LogP contribution is -2.32. The van der Waals surface area contributed by atoms with Crippen molar-refractivity contribution in [3.63, 3.8) is 0 Å². The van der Waals surface area contributed by atoms with Crippen molar-refractivity contribution in [3.8, 4) is 11.5 Å². The van der Waals surface area contributed by atoms with Crippen molar-refractivity contribution in [3.05, 3.63) is 46.3 Å². The Morgan fingerprint density at radius 2 is 1.74 bits per heavy atom. The van der Waals surface area contributed by atoms with Crippen molar-refractivity contribution < 1.29 is 28.5 Å². The zero-order chi connectivity index (χ0) is 25.1. The topological polar surface area (TPSA) is 90.1 Å². The van der Waals surface area contributed by atoms with Crippen LogP contribution in [0.5, 0.6) is 11.5 Å². The Kier molecular flexibility index (Phi) is 10.9. The number of hydrogen-bond acceptors (Lipinski definition) is 6. The monoisotopic (exact) mass is 474 g/mol. The van der Waals surface area contributed by atoms with E-state index in [2.05, 4.69) is 11.9 Å². The molecule has 0 fully saturated rings. The lowest BCUT2D eigenvalue weighted by molar-refractivity contribution is 0.0386. The molecule has 1 N–H and O–H groups in total. The lowest BCUT2D eigenvalue weighted by Gasteiger charge is -2.23. The second-order valence-electron chi connectivity index (χ2n) is 8.04. The quantitative estimate of drug-likeness (QED) is 0.316. The molecule has 0 aliphatic heterocycles. The van der Waals surface area contributed by atoms with E-state index < -0.39 is 5.97 Å². The number of benzene rings is 1. The number of aromatic amines is 1. The molecule has 0 radical (unpaired) electrons. The van der Waals surface area contributed by atoms with Crippen LogP contribution in [-0.2, 0) is 16.0 Å². The van der Waals surface area contributed by atoms with Gasteiger partial charge in [-0.25, -0.2) is 4.79 Å². The number of amides is 1. The molecule has 34 heavy (non-hydrogen) atoms. The normalized spacial score (nSPS) is 10.8. The van der Waals surface area contributed by atoms with Gasteiger partial charge in [0.05, 0.1) is 25.4 Å². The van der Waals surface area contributed by atoms with E-state index >= 15 is 0 Å². The van der Waals surface area contributed by atoms with Gasteiger partial charge in [0.2, 0.25) is 0 Å². The van der Waals surface area contributed by atoms with Gasteiger partial charge in [-0.2, -0.15) is 0 Å². The van der Waals surface area contributed by atoms with Crippen LogP contribution in [-0.4, -0.2) is 61.8 Å². The Bertz CT molecular complexity index is 953. The predicted molar refractivity (Wildman–Crippen MR) is 131 cm³/mol. The van der Waals surface area contributed by atoms with Crippen molar-refractivity contribution in [2.24, 2.45) is 0 Å². The summed E-state index contributed by atoms with van der Waals surface area (Å²) in [6.07, 6.45) is 1.70. The maximum absolute atomic E-state index is 13.5. The average molecular weight is 475 g/mol. The van der Waals surface area contributed by atoms with Crippen LogP contribution in [0.2, 0.25) is 0 Å². The number of aromatic nitrogens is 1. The molecule has 0 atom stereocenters. The van der Waals surface area contributed by atoms with Gasteiger partial charge in [-0.05, 0) is 56.9 Å². The first-order valence-corrected chi connectivity index (χ1v) is 11.9. The molecule has 0 bridgehead atoms. The Balaban J connectivity index is 2.27. The molecule has 8 nitrogen and oxygen atoms in total. The van der Waals surface area contributed by atoms with Crippen LogP contribution in [0, 0.1) is 13.8 Å². The Hall–Kier alpha value is -3.00. The minimum atomic E-state index is -0.464. The molecule has 1 heterocycles. The van der Waals surface area contributed by atoms with Crippen molar-refractivity contribution in [1.82, 2.24) is 9.88 Å². The summed E-state index contributed by atoms with van der Waals surface area (Å²) < 4.78 is 21.8. The van der Waals surface area contributed by atoms with Gasteiger partial charge in [0.25, 0.3) is 5.91 Å². The molecule has 0 aliphatic rings. The maximum Gasteiger partial charge on any atom is 0.340 e. The molecular formula is C26H38N2O6. The van der Waals surface area contributed by atoms with Gasteiger partial charge in [-0.3, -0.25) is 4.79 Å². The third-order valence-corrected chi connectivity index (χ3v) is 5.30. The number of esters is 1. The number of nitrogens with zero attached hydrogens (tertiary/aromatic N) is 1. The second kappa shape index (κ2) is 13.6. The lowest BCUT2D eigenvalue weighted by atomic mass is 10.1. The van der Waals surface area contributed by atoms with E-state index in [1.54, 1.807) is 25.9 Å². The van der Waals surface area contributed by atoms with Gasteiger partial charge in [0, 0.05) is 25.9 Å². The first-order valence-electron chi connectivity index (χ1n) is 11.9. The molecule has 0 saturated heterocycles. The third kappa shape index (κ3) is 7.00. The summed E-state index contributed by atoms with van der Waals surface area (Å²) in [5, 5.41) is 0. The highest BCUT2D eigenvalue weighted by Crippen LogP contribution is 2.30. The number of H-pyrrole nitrogens is 1. The second-order valence-corrected chi connectivity index (χ2v) is 8.04. The standard InChI is InChI=1S/C26H38N2O6/c1-7-12-28(17-20-10-11-21(33-13-8-2)22(16-20)32-9-3)25(29)24-18(4)23(19(5)27-24)26(30)34-15-14-31-6/h10-11,16,27H,7-9,12-15,17H2,1-6H3. The Morgan fingerprint density at radius 3 is 2.38 bits per heavy atom. The molecule has 2 rings (SSSR count). The van der Waals surface area contributed by atoms with Gasteiger partial charge >= 0.3 is 5.97 Å². The number of carbonyl (C=O) groups is 2. The first kappa shape index (κ1) is 27.2. The fraction of sp³-hybridized carbons (Fsp3) is 0.538. The molecule has 1 amide bonds. The highest BCUT2D eigenvalue weighted by Gasteiger charge is 2.26. The fourth-order valence-corrected chi connectivity index (χ4v) is 3.71. The highest BCUT2D eigenvalue weighted by atomic mass is 16.6. The Morgan fingerprint density at radius 1 is 0.971 bits per heavy atom. The molecule has 0 saturated carbocycles. The zero-order valence-electron chi connectivity index (χ0n) is 21.3. The van der Waals surface area contributed by atoms with E-state index in [4.69, 9.17) is 18.9 Å². The molecule has 1 aromatic heterocycles. The summed E-state index contributed by atoms with van der Waals surface area (Å²) in [5.74, 6) is 0.745. The van der Waals surface area contributed by atoms with E-state index in [9.17, 15) is 9.59 Å². The molecule has 2 aromatic rings. The largest absolute Gasteiger partial charge is 0.490 e. The molecule has 8 heteroatoms. The predicted octanol–water partition coefficient (Wildman–Crippen LogP) is 4.67. The number of carbonyl (C=O) groups excluding carboxylic acids is 2. The number of ether oxygens (including phenoxy) is 4. The van der Waals surface area contributed by atoms with Crippen LogP contribution in [0.3, 0.4) is 0 Å². The number of nitrogens with one attached hydrogen (secondary N) is 1. The molecule has 188 valence electrons. The van der Waals surface area contributed by atoms with E-state index in [-0.39, 0.29) is 12.5 Å². The van der Waals surface area contributed by atoms with Crippen molar-refractivity contribution in [1.29, 1.82) is 0 Å². The van der Waals surface area contributed by atoms with Crippen LogP contribution in [0.1, 0.15) is 71.3 Å².